The molecule has 0 aromatic heterocycles. The lowest BCUT2D eigenvalue weighted by atomic mass is 9.99. The molecule has 1 N–H and O–H groups in total. The van der Waals surface area contributed by atoms with E-state index in [2.05, 4.69) is 0 Å². The molecule has 0 heterocycles. The zero-order chi connectivity index (χ0) is 18.1. The van der Waals surface area contributed by atoms with Crippen LogP contribution in [0.5, 0.6) is 11.5 Å². The van der Waals surface area contributed by atoms with Gasteiger partial charge in [-0.25, -0.2) is 0 Å². The molecular formula is C16H17NO6S. The molecule has 24 heavy (non-hydrogen) atoms. The van der Waals surface area contributed by atoms with E-state index in [9.17, 15) is 23.1 Å². The second-order valence-electron chi connectivity index (χ2n) is 5.61. The van der Waals surface area contributed by atoms with Crippen LogP contribution in [0.3, 0.4) is 0 Å². The van der Waals surface area contributed by atoms with Crippen molar-refractivity contribution in [1.82, 2.24) is 0 Å². The second-order valence-corrected chi connectivity index (χ2v) is 7.00. The first kappa shape index (κ1) is 17.9. The number of non-ortho nitro benzene ring substituents is 1. The lowest BCUT2D eigenvalue weighted by Crippen LogP contribution is -2.07. The molecule has 128 valence electrons. The summed E-state index contributed by atoms with van der Waals surface area (Å²) in [7, 11) is -4.40. The minimum absolute atomic E-state index is 0.0742. The van der Waals surface area contributed by atoms with Crippen LogP contribution in [-0.2, 0) is 10.1 Å². The van der Waals surface area contributed by atoms with Gasteiger partial charge in [0.05, 0.1) is 4.92 Å². The lowest BCUT2D eigenvalue weighted by molar-refractivity contribution is -0.384. The molecular weight excluding hydrogens is 334 g/mol. The molecule has 0 aliphatic heterocycles. The largest absolute Gasteiger partial charge is 0.457 e. The van der Waals surface area contributed by atoms with Gasteiger partial charge in [-0.05, 0) is 36.6 Å². The van der Waals surface area contributed by atoms with E-state index in [1.165, 1.54) is 36.4 Å². The molecule has 0 amide bonds. The smallest absolute Gasteiger partial charge is 0.294 e. The van der Waals surface area contributed by atoms with Gasteiger partial charge in [0, 0.05) is 17.7 Å². The molecule has 2 aromatic carbocycles. The quantitative estimate of drug-likeness (QED) is 0.494. The van der Waals surface area contributed by atoms with Gasteiger partial charge in [-0.15, -0.1) is 0 Å². The molecule has 0 saturated heterocycles. The summed E-state index contributed by atoms with van der Waals surface area (Å²) in [5.74, 6) is 0.418. The van der Waals surface area contributed by atoms with Crippen LogP contribution in [0.4, 0.5) is 5.69 Å². The number of benzene rings is 2. The molecule has 0 radical (unpaired) electrons. The maximum Gasteiger partial charge on any atom is 0.294 e. The SMILES string of the molecule is Cc1ccc(S(=O)(=O)O)c(C(C)C)c1Oc1ccc([N+](=O)[O-])cc1. The fourth-order valence-electron chi connectivity index (χ4n) is 2.35. The van der Waals surface area contributed by atoms with Crippen LogP contribution in [0.15, 0.2) is 41.3 Å². The summed E-state index contributed by atoms with van der Waals surface area (Å²) in [4.78, 5) is 9.96. The van der Waals surface area contributed by atoms with Gasteiger partial charge in [0.15, 0.2) is 0 Å². The van der Waals surface area contributed by atoms with Crippen LogP contribution in [0.2, 0.25) is 0 Å². The monoisotopic (exact) mass is 351 g/mol. The fraction of sp³-hybridized carbons (Fsp3) is 0.250. The third-order valence-electron chi connectivity index (χ3n) is 3.48. The Morgan fingerprint density at radius 3 is 2.17 bits per heavy atom. The van der Waals surface area contributed by atoms with E-state index in [0.717, 1.165) is 0 Å². The summed E-state index contributed by atoms with van der Waals surface area (Å²) in [6.45, 7) is 5.32. The first-order valence-electron chi connectivity index (χ1n) is 7.14. The Bertz CT molecular complexity index is 872. The van der Waals surface area contributed by atoms with Gasteiger partial charge >= 0.3 is 0 Å². The number of rotatable bonds is 5. The van der Waals surface area contributed by atoms with Crippen molar-refractivity contribution in [2.24, 2.45) is 0 Å². The molecule has 0 bridgehead atoms. The van der Waals surface area contributed by atoms with E-state index < -0.39 is 15.0 Å². The van der Waals surface area contributed by atoms with Crippen LogP contribution in [0, 0.1) is 17.0 Å². The van der Waals surface area contributed by atoms with Crippen molar-refractivity contribution in [3.05, 3.63) is 57.6 Å². The van der Waals surface area contributed by atoms with E-state index in [1.54, 1.807) is 20.8 Å². The summed E-state index contributed by atoms with van der Waals surface area (Å²) >= 11 is 0. The lowest BCUT2D eigenvalue weighted by Gasteiger charge is -2.19. The zero-order valence-corrected chi connectivity index (χ0v) is 14.2. The highest BCUT2D eigenvalue weighted by Gasteiger charge is 2.23. The Hall–Kier alpha value is -2.45. The Kier molecular flexibility index (Phi) is 4.91. The van der Waals surface area contributed by atoms with Crippen molar-refractivity contribution < 1.29 is 22.6 Å². The summed E-state index contributed by atoms with van der Waals surface area (Å²) in [6.07, 6.45) is 0. The first-order valence-corrected chi connectivity index (χ1v) is 8.58. The van der Waals surface area contributed by atoms with Crippen LogP contribution in [0.1, 0.15) is 30.9 Å². The molecule has 8 heteroatoms. The van der Waals surface area contributed by atoms with Crippen molar-refractivity contribution in [3.63, 3.8) is 0 Å². The second kappa shape index (κ2) is 6.58. The molecule has 0 saturated carbocycles. The standard InChI is InChI=1S/C16H17NO6S/c1-10(2)15-14(24(20,21)22)9-4-11(3)16(15)23-13-7-5-12(6-8-13)17(18)19/h4-10H,1-3H3,(H,20,21,22). The number of ether oxygens (including phenoxy) is 1. The van der Waals surface area contributed by atoms with Crippen molar-refractivity contribution in [1.29, 1.82) is 0 Å². The van der Waals surface area contributed by atoms with E-state index in [4.69, 9.17) is 4.74 Å². The van der Waals surface area contributed by atoms with Crippen LogP contribution in [-0.4, -0.2) is 17.9 Å². The minimum Gasteiger partial charge on any atom is -0.457 e. The third kappa shape index (κ3) is 3.72. The average Bonchev–Trinajstić information content (AvgIpc) is 2.48. The molecule has 2 rings (SSSR count). The Labute approximate surface area is 139 Å². The van der Waals surface area contributed by atoms with Crippen LogP contribution < -0.4 is 4.74 Å². The predicted octanol–water partition coefficient (Wildman–Crippen LogP) is 4.07. The number of nitro groups is 1. The topological polar surface area (TPSA) is 107 Å². The van der Waals surface area contributed by atoms with Gasteiger partial charge in [-0.3, -0.25) is 14.7 Å². The van der Waals surface area contributed by atoms with Crippen molar-refractivity contribution in [2.45, 2.75) is 31.6 Å². The Morgan fingerprint density at radius 2 is 1.71 bits per heavy atom. The van der Waals surface area contributed by atoms with Crippen molar-refractivity contribution in [2.75, 3.05) is 0 Å². The molecule has 0 aliphatic carbocycles. The summed E-state index contributed by atoms with van der Waals surface area (Å²) in [5.41, 5.74) is 0.968. The molecule has 0 spiro atoms. The summed E-state index contributed by atoms with van der Waals surface area (Å²) < 4.78 is 38.5. The van der Waals surface area contributed by atoms with Crippen LogP contribution >= 0.6 is 0 Å². The molecule has 0 unspecified atom stereocenters. The minimum atomic E-state index is -4.40. The number of nitro benzene ring substituents is 1. The molecule has 0 fully saturated rings. The van der Waals surface area contributed by atoms with E-state index in [0.29, 0.717) is 22.6 Å². The molecule has 7 nitrogen and oxygen atoms in total. The van der Waals surface area contributed by atoms with Gasteiger partial charge in [0.1, 0.15) is 16.4 Å². The number of nitrogens with zero attached hydrogens (tertiary/aromatic N) is 1. The van der Waals surface area contributed by atoms with Crippen LogP contribution in [0.25, 0.3) is 0 Å². The van der Waals surface area contributed by atoms with Gasteiger partial charge < -0.3 is 4.74 Å². The summed E-state index contributed by atoms with van der Waals surface area (Å²) in [6, 6.07) is 8.33. The first-order chi connectivity index (χ1) is 11.1. The number of hydrogen-bond acceptors (Lipinski definition) is 5. The Morgan fingerprint density at radius 1 is 1.12 bits per heavy atom. The van der Waals surface area contributed by atoms with E-state index >= 15 is 0 Å². The molecule has 2 aromatic rings. The number of hydrogen-bond donors (Lipinski definition) is 1. The van der Waals surface area contributed by atoms with Gasteiger partial charge in [-0.2, -0.15) is 8.42 Å². The Balaban J connectivity index is 2.55. The highest BCUT2D eigenvalue weighted by molar-refractivity contribution is 7.85. The highest BCUT2D eigenvalue weighted by atomic mass is 32.2. The molecule has 0 aliphatic rings. The van der Waals surface area contributed by atoms with Gasteiger partial charge in [0.2, 0.25) is 0 Å². The normalized spacial score (nSPS) is 11.5. The maximum absolute atomic E-state index is 11.6. The predicted molar refractivity (Wildman–Crippen MR) is 88.3 cm³/mol. The zero-order valence-electron chi connectivity index (χ0n) is 13.4. The van der Waals surface area contributed by atoms with Gasteiger partial charge in [0.25, 0.3) is 15.8 Å². The van der Waals surface area contributed by atoms with E-state index in [-0.39, 0.29) is 16.5 Å². The highest BCUT2D eigenvalue weighted by Crippen LogP contribution is 2.38. The van der Waals surface area contributed by atoms with Crippen molar-refractivity contribution in [3.8, 4) is 11.5 Å². The average molecular weight is 351 g/mol. The number of aryl methyl sites for hydroxylation is 1. The third-order valence-corrected chi connectivity index (χ3v) is 4.39. The molecule has 0 atom stereocenters. The summed E-state index contributed by atoms with van der Waals surface area (Å²) in [5, 5.41) is 10.7. The van der Waals surface area contributed by atoms with E-state index in [1.807, 2.05) is 0 Å². The van der Waals surface area contributed by atoms with Crippen molar-refractivity contribution >= 4 is 15.8 Å². The fourth-order valence-corrected chi connectivity index (χ4v) is 3.20. The van der Waals surface area contributed by atoms with Gasteiger partial charge in [-0.1, -0.05) is 19.9 Å². The maximum atomic E-state index is 11.6.